The van der Waals surface area contributed by atoms with Crippen molar-refractivity contribution < 1.29 is 0 Å². The molecule has 1 unspecified atom stereocenters. The summed E-state index contributed by atoms with van der Waals surface area (Å²) in [6.07, 6.45) is 1.57. The lowest BCUT2D eigenvalue weighted by Crippen LogP contribution is -2.38. The zero-order chi connectivity index (χ0) is 23.2. The minimum Gasteiger partial charge on any atom is -0.384 e. The number of nitriles is 2. The van der Waals surface area contributed by atoms with Gasteiger partial charge in [-0.2, -0.15) is 10.5 Å². The van der Waals surface area contributed by atoms with E-state index < -0.39 is 11.5 Å². The molecular weight excluding hydrogens is 510 g/mol. The van der Waals surface area contributed by atoms with Gasteiger partial charge in [-0.1, -0.05) is 70.7 Å². The van der Waals surface area contributed by atoms with E-state index in [1.807, 2.05) is 6.07 Å². The highest BCUT2D eigenvalue weighted by Gasteiger charge is 2.33. The molecule has 3 aromatic rings. The van der Waals surface area contributed by atoms with Crippen LogP contribution < -0.4 is 20.5 Å². The normalized spacial score (nSPS) is 16.0. The van der Waals surface area contributed by atoms with E-state index in [4.69, 9.17) is 52.1 Å². The quantitative estimate of drug-likeness (QED) is 0.540. The van der Waals surface area contributed by atoms with Crippen molar-refractivity contribution >= 4 is 75.2 Å². The van der Waals surface area contributed by atoms with Gasteiger partial charge >= 0.3 is 0 Å². The van der Waals surface area contributed by atoms with E-state index in [1.165, 1.54) is 4.57 Å². The fourth-order valence-electron chi connectivity index (χ4n) is 3.48. The predicted octanol–water partition coefficient (Wildman–Crippen LogP) is 4.47. The van der Waals surface area contributed by atoms with Gasteiger partial charge in [-0.25, -0.2) is 0 Å². The Bertz CT molecular complexity index is 1590. The first-order valence-corrected chi connectivity index (χ1v) is 11.3. The molecule has 5 nitrogen and oxygen atoms in total. The molecule has 0 radical (unpaired) electrons. The minimum atomic E-state index is -0.864. The smallest absolute Gasteiger partial charge is 0.274 e. The number of fused-ring (bicyclic) bond motifs is 1. The van der Waals surface area contributed by atoms with Crippen LogP contribution in [0.25, 0.3) is 17.5 Å². The van der Waals surface area contributed by atoms with Crippen molar-refractivity contribution in [3.05, 3.63) is 92.7 Å². The highest BCUT2D eigenvalue weighted by atomic mass is 35.5. The third kappa shape index (κ3) is 3.51. The monoisotopic (exact) mass is 518 g/mol. The number of allylic oxidation sites excluding steroid dienone is 1. The van der Waals surface area contributed by atoms with E-state index in [0.29, 0.717) is 25.8 Å². The molecule has 2 heterocycles. The lowest BCUT2D eigenvalue weighted by molar-refractivity contribution is 0.906. The van der Waals surface area contributed by atoms with Crippen LogP contribution in [0.5, 0.6) is 0 Å². The molecule has 1 aliphatic heterocycles. The maximum absolute atomic E-state index is 13.2. The summed E-state index contributed by atoms with van der Waals surface area (Å²) in [5.41, 5.74) is 6.97. The average Bonchev–Trinajstić information content (AvgIpc) is 3.09. The van der Waals surface area contributed by atoms with Crippen LogP contribution in [-0.4, -0.2) is 4.57 Å². The third-order valence-corrected chi connectivity index (χ3v) is 7.72. The molecule has 1 aromatic heterocycles. The number of hydrogen-bond acceptors (Lipinski definition) is 5. The van der Waals surface area contributed by atoms with Crippen LogP contribution in [0.2, 0.25) is 20.1 Å². The van der Waals surface area contributed by atoms with Crippen molar-refractivity contribution in [3.8, 4) is 12.1 Å². The Kier molecular flexibility index (Phi) is 6.09. The summed E-state index contributed by atoms with van der Waals surface area (Å²) < 4.78 is 1.75. The lowest BCUT2D eigenvalue weighted by atomic mass is 9.84. The molecule has 158 valence electrons. The molecular formula is C22H10Cl4N4OS. The number of thiazole rings is 1. The first-order chi connectivity index (χ1) is 15.3. The summed E-state index contributed by atoms with van der Waals surface area (Å²) in [6, 6.07) is 14.1. The molecule has 2 aromatic carbocycles. The van der Waals surface area contributed by atoms with E-state index in [9.17, 15) is 15.3 Å². The van der Waals surface area contributed by atoms with Crippen molar-refractivity contribution in [2.24, 2.45) is 5.73 Å². The maximum atomic E-state index is 13.2. The molecule has 0 aliphatic carbocycles. The Balaban J connectivity index is 2.10. The summed E-state index contributed by atoms with van der Waals surface area (Å²) in [5.74, 6) is -0.933. The minimum absolute atomic E-state index is 0.0328. The highest BCUT2D eigenvalue weighted by Crippen LogP contribution is 2.41. The molecule has 10 heteroatoms. The van der Waals surface area contributed by atoms with Crippen LogP contribution in [0.3, 0.4) is 0 Å². The second-order valence-electron chi connectivity index (χ2n) is 6.71. The third-order valence-electron chi connectivity index (χ3n) is 4.95. The molecule has 0 amide bonds. The molecule has 1 atom stereocenters. The summed E-state index contributed by atoms with van der Waals surface area (Å²) in [7, 11) is 0. The summed E-state index contributed by atoms with van der Waals surface area (Å²) in [4.78, 5) is 13.2. The largest absolute Gasteiger partial charge is 0.384 e. The van der Waals surface area contributed by atoms with Gasteiger partial charge in [0.15, 0.2) is 0 Å². The number of nitrogens with zero attached hydrogens (tertiary/aromatic N) is 3. The van der Waals surface area contributed by atoms with Gasteiger partial charge in [0.25, 0.3) is 5.56 Å². The summed E-state index contributed by atoms with van der Waals surface area (Å²) in [5, 5.41) is 21.0. The van der Waals surface area contributed by atoms with Gasteiger partial charge < -0.3 is 5.73 Å². The highest BCUT2D eigenvalue weighted by molar-refractivity contribution is 7.07. The summed E-state index contributed by atoms with van der Waals surface area (Å²) in [6.45, 7) is 0. The maximum Gasteiger partial charge on any atom is 0.274 e. The molecule has 32 heavy (non-hydrogen) atoms. The molecule has 4 rings (SSSR count). The van der Waals surface area contributed by atoms with Crippen LogP contribution in [0.1, 0.15) is 17.0 Å². The number of aromatic nitrogens is 1. The Morgan fingerprint density at radius 3 is 2.25 bits per heavy atom. The van der Waals surface area contributed by atoms with Gasteiger partial charge in [-0.15, -0.1) is 11.3 Å². The topological polar surface area (TPSA) is 95.6 Å². The molecule has 2 N–H and O–H groups in total. The first-order valence-electron chi connectivity index (χ1n) is 8.96. The second-order valence-corrected chi connectivity index (χ2v) is 9.31. The SMILES string of the molecule is N#CC1=C(N)n2c(sc(=Cc3cccc(Cl)c3Cl)c2=O)=C(C#N)C1c1cccc(Cl)c1Cl. The van der Waals surface area contributed by atoms with Crippen LogP contribution in [0.4, 0.5) is 0 Å². The molecule has 0 bridgehead atoms. The lowest BCUT2D eigenvalue weighted by Gasteiger charge is -2.23. The molecule has 0 saturated carbocycles. The zero-order valence-electron chi connectivity index (χ0n) is 15.9. The van der Waals surface area contributed by atoms with Crippen molar-refractivity contribution in [2.45, 2.75) is 5.92 Å². The molecule has 0 spiro atoms. The van der Waals surface area contributed by atoms with Gasteiger partial charge in [0, 0.05) is 0 Å². The second kappa shape index (κ2) is 8.67. The Morgan fingerprint density at radius 1 is 0.969 bits per heavy atom. The first kappa shape index (κ1) is 22.5. The standard InChI is InChI=1S/C22H10Cl4N4OS/c23-14-5-1-3-10(18(14)25)7-16-21(31)30-20(29)12(8-27)17(13(9-28)22(30)32-16)11-4-2-6-15(24)19(11)26/h1-7,17H,29H2. The van der Waals surface area contributed by atoms with E-state index in [1.54, 1.807) is 42.5 Å². The van der Waals surface area contributed by atoms with Crippen molar-refractivity contribution in [1.82, 2.24) is 4.57 Å². The van der Waals surface area contributed by atoms with Crippen LogP contribution >= 0.6 is 57.7 Å². The van der Waals surface area contributed by atoms with E-state index in [0.717, 1.165) is 11.3 Å². The molecule has 0 saturated heterocycles. The average molecular weight is 520 g/mol. The Morgan fingerprint density at radius 2 is 1.59 bits per heavy atom. The number of nitrogens with two attached hydrogens (primary N) is 1. The molecule has 0 fully saturated rings. The van der Waals surface area contributed by atoms with Gasteiger partial charge in [0.1, 0.15) is 10.5 Å². The number of hydrogen-bond donors (Lipinski definition) is 1. The van der Waals surface area contributed by atoms with E-state index in [2.05, 4.69) is 6.07 Å². The van der Waals surface area contributed by atoms with Crippen molar-refractivity contribution in [2.75, 3.05) is 0 Å². The number of halogens is 4. The fraction of sp³-hybridized carbons (Fsp3) is 0.0455. The summed E-state index contributed by atoms with van der Waals surface area (Å²) >= 11 is 26.0. The Hall–Kier alpha value is -2.71. The zero-order valence-corrected chi connectivity index (χ0v) is 19.7. The number of benzene rings is 2. The van der Waals surface area contributed by atoms with Crippen molar-refractivity contribution in [3.63, 3.8) is 0 Å². The van der Waals surface area contributed by atoms with E-state index in [-0.39, 0.29) is 31.5 Å². The van der Waals surface area contributed by atoms with Crippen LogP contribution in [0, 0.1) is 22.7 Å². The van der Waals surface area contributed by atoms with Gasteiger partial charge in [-0.05, 0) is 29.3 Å². The van der Waals surface area contributed by atoms with E-state index >= 15 is 0 Å². The van der Waals surface area contributed by atoms with Gasteiger partial charge in [-0.3, -0.25) is 9.36 Å². The fourth-order valence-corrected chi connectivity index (χ4v) is 5.38. The Labute approximate surface area is 206 Å². The van der Waals surface area contributed by atoms with Crippen molar-refractivity contribution in [1.29, 1.82) is 10.5 Å². The van der Waals surface area contributed by atoms with Gasteiger partial charge in [0.05, 0.1) is 53.8 Å². The number of rotatable bonds is 2. The predicted molar refractivity (Wildman–Crippen MR) is 129 cm³/mol. The van der Waals surface area contributed by atoms with Crippen LogP contribution in [-0.2, 0) is 0 Å². The molecule has 1 aliphatic rings. The van der Waals surface area contributed by atoms with Gasteiger partial charge in [0.2, 0.25) is 0 Å². The van der Waals surface area contributed by atoms with Crippen LogP contribution in [0.15, 0.2) is 46.8 Å².